The molecule has 27 heavy (non-hydrogen) atoms. The zero-order valence-electron chi connectivity index (χ0n) is 16.9. The fraction of sp³-hybridized carbons (Fsp3) is 0.478. The standard InChI is InChI=1S/C23H31NO3/c1-17(2)27-22-15-19(7-10-21(22)26-4)16-24-13-11-23(25,12-14-24)20-8-5-18(3)6-9-20/h5-10,15,17,25H,11-14,16H2,1-4H3. The Hall–Kier alpha value is -2.04. The summed E-state index contributed by atoms with van der Waals surface area (Å²) in [4.78, 5) is 2.39. The van der Waals surface area contributed by atoms with Crippen LogP contribution in [-0.4, -0.2) is 36.3 Å². The van der Waals surface area contributed by atoms with Gasteiger partial charge in [0.2, 0.25) is 0 Å². The molecule has 1 N–H and O–H groups in total. The summed E-state index contributed by atoms with van der Waals surface area (Å²) < 4.78 is 11.3. The minimum absolute atomic E-state index is 0.105. The van der Waals surface area contributed by atoms with E-state index in [-0.39, 0.29) is 6.10 Å². The minimum Gasteiger partial charge on any atom is -0.493 e. The van der Waals surface area contributed by atoms with Gasteiger partial charge in [-0.15, -0.1) is 0 Å². The summed E-state index contributed by atoms with van der Waals surface area (Å²) in [6, 6.07) is 14.4. The Bertz CT molecular complexity index is 747. The van der Waals surface area contributed by atoms with Crippen molar-refractivity contribution in [1.29, 1.82) is 0 Å². The number of rotatable bonds is 6. The number of aliphatic hydroxyl groups is 1. The fourth-order valence-electron chi connectivity index (χ4n) is 3.66. The Morgan fingerprint density at radius 1 is 1.04 bits per heavy atom. The third-order valence-electron chi connectivity index (χ3n) is 5.27. The maximum absolute atomic E-state index is 11.1. The molecule has 2 aromatic rings. The summed E-state index contributed by atoms with van der Waals surface area (Å²) >= 11 is 0. The van der Waals surface area contributed by atoms with Crippen LogP contribution in [-0.2, 0) is 12.1 Å². The first-order valence-electron chi connectivity index (χ1n) is 9.75. The zero-order valence-corrected chi connectivity index (χ0v) is 16.9. The van der Waals surface area contributed by atoms with Crippen LogP contribution in [0.3, 0.4) is 0 Å². The van der Waals surface area contributed by atoms with E-state index in [2.05, 4.69) is 48.2 Å². The number of piperidine rings is 1. The maximum Gasteiger partial charge on any atom is 0.161 e. The first-order chi connectivity index (χ1) is 12.9. The van der Waals surface area contributed by atoms with Crippen molar-refractivity contribution in [3.63, 3.8) is 0 Å². The molecule has 0 atom stereocenters. The van der Waals surface area contributed by atoms with Crippen molar-refractivity contribution in [2.75, 3.05) is 20.2 Å². The van der Waals surface area contributed by atoms with Gasteiger partial charge in [0, 0.05) is 19.6 Å². The number of hydrogen-bond donors (Lipinski definition) is 1. The van der Waals surface area contributed by atoms with Gasteiger partial charge in [0.25, 0.3) is 0 Å². The maximum atomic E-state index is 11.1. The SMILES string of the molecule is COc1ccc(CN2CCC(O)(c3ccc(C)cc3)CC2)cc1OC(C)C. The third-order valence-corrected chi connectivity index (χ3v) is 5.27. The Kier molecular flexibility index (Phi) is 6.08. The van der Waals surface area contributed by atoms with E-state index in [9.17, 15) is 5.11 Å². The Morgan fingerprint density at radius 2 is 1.70 bits per heavy atom. The molecule has 0 spiro atoms. The fourth-order valence-corrected chi connectivity index (χ4v) is 3.66. The molecule has 0 radical (unpaired) electrons. The van der Waals surface area contributed by atoms with Crippen LogP contribution >= 0.6 is 0 Å². The van der Waals surface area contributed by atoms with Gasteiger partial charge in [-0.1, -0.05) is 35.9 Å². The van der Waals surface area contributed by atoms with Crippen LogP contribution in [0.2, 0.25) is 0 Å². The molecular formula is C23H31NO3. The van der Waals surface area contributed by atoms with Crippen molar-refractivity contribution < 1.29 is 14.6 Å². The highest BCUT2D eigenvalue weighted by Crippen LogP contribution is 2.34. The zero-order chi connectivity index (χ0) is 19.4. The van der Waals surface area contributed by atoms with Gasteiger partial charge < -0.3 is 14.6 Å². The highest BCUT2D eigenvalue weighted by atomic mass is 16.5. The molecule has 0 saturated carbocycles. The van der Waals surface area contributed by atoms with Crippen molar-refractivity contribution in [1.82, 2.24) is 4.90 Å². The second-order valence-electron chi connectivity index (χ2n) is 7.83. The number of ether oxygens (including phenoxy) is 2. The molecule has 3 rings (SSSR count). The first kappa shape index (κ1) is 19.7. The van der Waals surface area contributed by atoms with Gasteiger partial charge in [-0.3, -0.25) is 4.90 Å². The van der Waals surface area contributed by atoms with Crippen molar-refractivity contribution in [2.24, 2.45) is 0 Å². The van der Waals surface area contributed by atoms with Gasteiger partial charge in [0.15, 0.2) is 11.5 Å². The number of benzene rings is 2. The topological polar surface area (TPSA) is 41.9 Å². The van der Waals surface area contributed by atoms with Gasteiger partial charge in [0.1, 0.15) is 0 Å². The van der Waals surface area contributed by atoms with Crippen LogP contribution in [0.15, 0.2) is 42.5 Å². The summed E-state index contributed by atoms with van der Waals surface area (Å²) in [5.41, 5.74) is 2.74. The predicted octanol–water partition coefficient (Wildman–Crippen LogP) is 4.27. The van der Waals surface area contributed by atoms with Gasteiger partial charge in [0.05, 0.1) is 18.8 Å². The van der Waals surface area contributed by atoms with Crippen LogP contribution < -0.4 is 9.47 Å². The summed E-state index contributed by atoms with van der Waals surface area (Å²) in [5, 5.41) is 11.1. The largest absolute Gasteiger partial charge is 0.493 e. The van der Waals surface area contributed by atoms with E-state index in [1.54, 1.807) is 7.11 Å². The van der Waals surface area contributed by atoms with E-state index in [0.29, 0.717) is 0 Å². The van der Waals surface area contributed by atoms with Crippen molar-refractivity contribution in [3.05, 3.63) is 59.2 Å². The molecular weight excluding hydrogens is 338 g/mol. The molecule has 0 amide bonds. The third kappa shape index (κ3) is 4.82. The molecule has 1 saturated heterocycles. The number of methoxy groups -OCH3 is 1. The summed E-state index contributed by atoms with van der Waals surface area (Å²) in [6.45, 7) is 8.70. The van der Waals surface area contributed by atoms with E-state index in [1.807, 2.05) is 19.9 Å². The van der Waals surface area contributed by atoms with Gasteiger partial charge in [-0.05, 0) is 56.9 Å². The molecule has 4 nitrogen and oxygen atoms in total. The van der Waals surface area contributed by atoms with Crippen LogP contribution in [0.4, 0.5) is 0 Å². The summed E-state index contributed by atoms with van der Waals surface area (Å²) in [6.07, 6.45) is 1.61. The Balaban J connectivity index is 1.64. The number of hydrogen-bond acceptors (Lipinski definition) is 4. The average molecular weight is 370 g/mol. The number of aryl methyl sites for hydroxylation is 1. The number of nitrogens with zero attached hydrogens (tertiary/aromatic N) is 1. The lowest BCUT2D eigenvalue weighted by Gasteiger charge is -2.38. The van der Waals surface area contributed by atoms with Crippen LogP contribution in [0, 0.1) is 6.92 Å². The van der Waals surface area contributed by atoms with E-state index in [1.165, 1.54) is 11.1 Å². The van der Waals surface area contributed by atoms with Crippen molar-refractivity contribution >= 4 is 0 Å². The lowest BCUT2D eigenvalue weighted by molar-refractivity contribution is -0.0277. The lowest BCUT2D eigenvalue weighted by atomic mass is 9.84. The molecule has 146 valence electrons. The molecule has 1 aliphatic rings. The molecule has 1 aliphatic heterocycles. The second kappa shape index (κ2) is 8.32. The van der Waals surface area contributed by atoms with Gasteiger partial charge in [-0.2, -0.15) is 0 Å². The van der Waals surface area contributed by atoms with E-state index in [0.717, 1.165) is 49.5 Å². The normalized spacial score (nSPS) is 17.1. The molecule has 0 aromatic heterocycles. The number of likely N-dealkylation sites (tertiary alicyclic amines) is 1. The van der Waals surface area contributed by atoms with Crippen LogP contribution in [0.1, 0.15) is 43.4 Å². The molecule has 0 unspecified atom stereocenters. The quantitative estimate of drug-likeness (QED) is 0.825. The van der Waals surface area contributed by atoms with E-state index < -0.39 is 5.60 Å². The molecule has 1 heterocycles. The molecule has 4 heteroatoms. The average Bonchev–Trinajstić information content (AvgIpc) is 2.64. The Labute approximate surface area is 162 Å². The first-order valence-corrected chi connectivity index (χ1v) is 9.75. The van der Waals surface area contributed by atoms with Crippen molar-refractivity contribution in [3.8, 4) is 11.5 Å². The molecule has 1 fully saturated rings. The monoisotopic (exact) mass is 369 g/mol. The Morgan fingerprint density at radius 3 is 2.30 bits per heavy atom. The lowest BCUT2D eigenvalue weighted by Crippen LogP contribution is -2.42. The smallest absolute Gasteiger partial charge is 0.161 e. The van der Waals surface area contributed by atoms with Crippen LogP contribution in [0.25, 0.3) is 0 Å². The summed E-state index contributed by atoms with van der Waals surface area (Å²) in [5.74, 6) is 1.55. The van der Waals surface area contributed by atoms with Gasteiger partial charge >= 0.3 is 0 Å². The second-order valence-corrected chi connectivity index (χ2v) is 7.83. The highest BCUT2D eigenvalue weighted by molar-refractivity contribution is 5.43. The van der Waals surface area contributed by atoms with Crippen molar-refractivity contribution in [2.45, 2.75) is 51.9 Å². The minimum atomic E-state index is -0.712. The molecule has 2 aromatic carbocycles. The van der Waals surface area contributed by atoms with E-state index in [4.69, 9.17) is 9.47 Å². The predicted molar refractivity (Wildman–Crippen MR) is 108 cm³/mol. The molecule has 0 bridgehead atoms. The van der Waals surface area contributed by atoms with Gasteiger partial charge in [-0.25, -0.2) is 0 Å². The molecule has 0 aliphatic carbocycles. The van der Waals surface area contributed by atoms with E-state index >= 15 is 0 Å². The highest BCUT2D eigenvalue weighted by Gasteiger charge is 2.33. The van der Waals surface area contributed by atoms with Crippen LogP contribution in [0.5, 0.6) is 11.5 Å². The summed E-state index contributed by atoms with van der Waals surface area (Å²) in [7, 11) is 1.67.